The Kier molecular flexibility index (Phi) is 10.8. The van der Waals surface area contributed by atoms with Crippen molar-refractivity contribution in [1.82, 2.24) is 0 Å². The topological polar surface area (TPSA) is 78.9 Å². The Balaban J connectivity index is 2.78. The third-order valence-electron chi connectivity index (χ3n) is 5.83. The number of hydrogen-bond acceptors (Lipinski definition) is 6. The van der Waals surface area contributed by atoms with Crippen LogP contribution in [0.5, 0.6) is 0 Å². The molecule has 2 rings (SSSR count). The Hall–Kier alpha value is -3.15. The van der Waals surface area contributed by atoms with Crippen LogP contribution in [0.4, 0.5) is 0 Å². The SMILES string of the molecule is CCCC(=O)OC(OC(=O)CCC)(c1ccccc1)C(Cc1ccccc1)C(CC)C(=O)OC. The van der Waals surface area contributed by atoms with E-state index in [0.717, 1.165) is 5.56 Å². The van der Waals surface area contributed by atoms with Gasteiger partial charge in [-0.2, -0.15) is 0 Å². The van der Waals surface area contributed by atoms with Crippen molar-refractivity contribution in [1.29, 1.82) is 0 Å². The Morgan fingerprint density at radius 3 is 1.74 bits per heavy atom. The summed E-state index contributed by atoms with van der Waals surface area (Å²) in [5, 5.41) is 0. The number of ether oxygens (including phenoxy) is 3. The summed E-state index contributed by atoms with van der Waals surface area (Å²) in [5.41, 5.74) is 1.43. The van der Waals surface area contributed by atoms with Crippen molar-refractivity contribution in [2.75, 3.05) is 7.11 Å². The van der Waals surface area contributed by atoms with Gasteiger partial charge in [0.25, 0.3) is 5.79 Å². The Morgan fingerprint density at radius 1 is 0.794 bits per heavy atom. The van der Waals surface area contributed by atoms with Gasteiger partial charge in [-0.25, -0.2) is 0 Å². The lowest BCUT2D eigenvalue weighted by Gasteiger charge is -2.42. The lowest BCUT2D eigenvalue weighted by Crippen LogP contribution is -2.49. The van der Waals surface area contributed by atoms with Gasteiger partial charge in [0, 0.05) is 18.4 Å². The number of methoxy groups -OCH3 is 1. The van der Waals surface area contributed by atoms with Crippen LogP contribution in [0.2, 0.25) is 0 Å². The molecular formula is C28H36O6. The first kappa shape index (κ1) is 27.1. The molecule has 0 aliphatic carbocycles. The maximum absolute atomic E-state index is 13.0. The predicted octanol–water partition coefficient (Wildman–Crippen LogP) is 5.58. The van der Waals surface area contributed by atoms with Crippen molar-refractivity contribution in [3.05, 3.63) is 71.8 Å². The fourth-order valence-corrected chi connectivity index (χ4v) is 4.20. The summed E-state index contributed by atoms with van der Waals surface area (Å²) in [4.78, 5) is 38.9. The molecule has 0 saturated heterocycles. The highest BCUT2D eigenvalue weighted by atomic mass is 16.7. The molecule has 2 aromatic rings. The number of carbonyl (C=O) groups is 3. The molecule has 2 unspecified atom stereocenters. The molecule has 0 aliphatic rings. The van der Waals surface area contributed by atoms with Gasteiger partial charge in [0.15, 0.2) is 0 Å². The summed E-state index contributed by atoms with van der Waals surface area (Å²) in [7, 11) is 1.33. The van der Waals surface area contributed by atoms with Gasteiger partial charge in [-0.05, 0) is 31.2 Å². The van der Waals surface area contributed by atoms with Gasteiger partial charge in [0.1, 0.15) is 0 Å². The summed E-state index contributed by atoms with van der Waals surface area (Å²) in [6.45, 7) is 5.62. The zero-order valence-electron chi connectivity index (χ0n) is 20.6. The van der Waals surface area contributed by atoms with Crippen molar-refractivity contribution < 1.29 is 28.6 Å². The summed E-state index contributed by atoms with van der Waals surface area (Å²) < 4.78 is 17.3. The van der Waals surface area contributed by atoms with Gasteiger partial charge in [-0.1, -0.05) is 81.4 Å². The Morgan fingerprint density at radius 2 is 1.29 bits per heavy atom. The molecule has 2 atom stereocenters. The molecule has 184 valence electrons. The van der Waals surface area contributed by atoms with Gasteiger partial charge >= 0.3 is 17.9 Å². The minimum Gasteiger partial charge on any atom is -0.469 e. The average Bonchev–Trinajstić information content (AvgIpc) is 2.84. The number of benzene rings is 2. The largest absolute Gasteiger partial charge is 0.469 e. The van der Waals surface area contributed by atoms with E-state index in [4.69, 9.17) is 14.2 Å². The first-order chi connectivity index (χ1) is 16.4. The van der Waals surface area contributed by atoms with Crippen LogP contribution in [0.3, 0.4) is 0 Å². The first-order valence-electron chi connectivity index (χ1n) is 12.0. The average molecular weight is 469 g/mol. The highest BCUT2D eigenvalue weighted by Crippen LogP contribution is 2.44. The summed E-state index contributed by atoms with van der Waals surface area (Å²) in [5.74, 6) is -4.61. The van der Waals surface area contributed by atoms with E-state index in [0.29, 0.717) is 31.2 Å². The molecule has 6 heteroatoms. The van der Waals surface area contributed by atoms with Crippen molar-refractivity contribution in [2.45, 2.75) is 65.1 Å². The number of esters is 3. The van der Waals surface area contributed by atoms with E-state index in [2.05, 4.69) is 0 Å². The molecule has 0 N–H and O–H groups in total. The monoisotopic (exact) mass is 468 g/mol. The van der Waals surface area contributed by atoms with Crippen LogP contribution in [0.1, 0.15) is 64.0 Å². The second-order valence-corrected chi connectivity index (χ2v) is 8.32. The molecule has 2 aromatic carbocycles. The van der Waals surface area contributed by atoms with E-state index in [9.17, 15) is 14.4 Å². The lowest BCUT2D eigenvalue weighted by atomic mass is 9.76. The predicted molar refractivity (Wildman–Crippen MR) is 130 cm³/mol. The molecule has 0 bridgehead atoms. The number of hydrogen-bond donors (Lipinski definition) is 0. The van der Waals surface area contributed by atoms with Crippen LogP contribution < -0.4 is 0 Å². The van der Waals surface area contributed by atoms with Crippen LogP contribution in [0.15, 0.2) is 60.7 Å². The summed E-state index contributed by atoms with van der Waals surface area (Å²) in [6.07, 6.45) is 2.21. The maximum Gasteiger partial charge on any atom is 0.309 e. The van der Waals surface area contributed by atoms with Crippen LogP contribution in [-0.4, -0.2) is 25.0 Å². The fraction of sp³-hybridized carbons (Fsp3) is 0.464. The second kappa shape index (κ2) is 13.5. The van der Waals surface area contributed by atoms with Crippen molar-refractivity contribution >= 4 is 17.9 Å². The third-order valence-corrected chi connectivity index (χ3v) is 5.83. The third kappa shape index (κ3) is 6.92. The molecule has 0 spiro atoms. The van der Waals surface area contributed by atoms with Crippen LogP contribution in [0, 0.1) is 11.8 Å². The van der Waals surface area contributed by atoms with Crippen LogP contribution in [-0.2, 0) is 40.8 Å². The van der Waals surface area contributed by atoms with Crippen molar-refractivity contribution in [3.8, 4) is 0 Å². The zero-order chi connectivity index (χ0) is 25.0. The molecule has 34 heavy (non-hydrogen) atoms. The molecule has 0 saturated carbocycles. The highest BCUT2D eigenvalue weighted by molar-refractivity contribution is 5.75. The van der Waals surface area contributed by atoms with E-state index in [1.807, 2.05) is 57.2 Å². The molecular weight excluding hydrogens is 432 g/mol. The molecule has 0 fully saturated rings. The van der Waals surface area contributed by atoms with E-state index >= 15 is 0 Å². The fourth-order valence-electron chi connectivity index (χ4n) is 4.20. The van der Waals surface area contributed by atoms with E-state index in [1.165, 1.54) is 7.11 Å². The molecule has 0 heterocycles. The standard InChI is InChI=1S/C28H36O6/c1-5-14-25(29)33-28(34-26(30)15-6-2,22-18-12-9-13-19-22)24(23(7-3)27(31)32-4)20-21-16-10-8-11-17-21/h8-13,16-19,23-24H,5-7,14-15,20H2,1-4H3. The zero-order valence-corrected chi connectivity index (χ0v) is 20.6. The minimum absolute atomic E-state index is 0.160. The number of rotatable bonds is 13. The van der Waals surface area contributed by atoms with Gasteiger partial charge in [0.05, 0.1) is 18.9 Å². The van der Waals surface area contributed by atoms with Gasteiger partial charge in [0.2, 0.25) is 0 Å². The van der Waals surface area contributed by atoms with Gasteiger partial charge < -0.3 is 14.2 Å². The molecule has 0 aliphatic heterocycles. The lowest BCUT2D eigenvalue weighted by molar-refractivity contribution is -0.263. The van der Waals surface area contributed by atoms with Crippen molar-refractivity contribution in [2.24, 2.45) is 11.8 Å². The molecule has 0 amide bonds. The van der Waals surface area contributed by atoms with Gasteiger partial charge in [-0.3, -0.25) is 14.4 Å². The van der Waals surface area contributed by atoms with E-state index in [-0.39, 0.29) is 12.8 Å². The second-order valence-electron chi connectivity index (χ2n) is 8.32. The molecule has 6 nitrogen and oxygen atoms in total. The quantitative estimate of drug-likeness (QED) is 0.282. The van der Waals surface area contributed by atoms with E-state index < -0.39 is 35.5 Å². The smallest absolute Gasteiger partial charge is 0.309 e. The normalized spacial score (nSPS) is 12.9. The van der Waals surface area contributed by atoms with E-state index in [1.54, 1.807) is 24.3 Å². The minimum atomic E-state index is -1.79. The summed E-state index contributed by atoms with van der Waals surface area (Å²) in [6, 6.07) is 18.5. The van der Waals surface area contributed by atoms with Crippen LogP contribution >= 0.6 is 0 Å². The van der Waals surface area contributed by atoms with Gasteiger partial charge in [-0.15, -0.1) is 0 Å². The first-order valence-corrected chi connectivity index (χ1v) is 12.0. The Bertz CT molecular complexity index is 889. The Labute approximate surface area is 202 Å². The maximum atomic E-state index is 13.0. The summed E-state index contributed by atoms with van der Waals surface area (Å²) >= 11 is 0. The van der Waals surface area contributed by atoms with Crippen molar-refractivity contribution in [3.63, 3.8) is 0 Å². The highest BCUT2D eigenvalue weighted by Gasteiger charge is 2.53. The number of carbonyl (C=O) groups excluding carboxylic acids is 3. The van der Waals surface area contributed by atoms with Crippen LogP contribution in [0.25, 0.3) is 0 Å². The molecule has 0 aromatic heterocycles. The molecule has 0 radical (unpaired) electrons.